The smallest absolute Gasteiger partial charge is 0.223 e. The second kappa shape index (κ2) is 7.60. The molecule has 0 aromatic heterocycles. The molecule has 21 heavy (non-hydrogen) atoms. The van der Waals surface area contributed by atoms with Crippen molar-refractivity contribution in [1.82, 2.24) is 5.32 Å². The summed E-state index contributed by atoms with van der Waals surface area (Å²) < 4.78 is 0. The van der Waals surface area contributed by atoms with Crippen LogP contribution in [-0.2, 0) is 11.2 Å². The second-order valence-corrected chi connectivity index (χ2v) is 6.45. The Kier molecular flexibility index (Phi) is 5.80. The van der Waals surface area contributed by atoms with Crippen molar-refractivity contribution < 1.29 is 9.90 Å². The van der Waals surface area contributed by atoms with Crippen LogP contribution < -0.4 is 5.32 Å². The van der Waals surface area contributed by atoms with E-state index in [1.807, 2.05) is 6.92 Å². The number of aliphatic hydroxyl groups excluding tert-OH is 1. The van der Waals surface area contributed by atoms with Gasteiger partial charge in [0.1, 0.15) is 0 Å². The molecule has 0 aliphatic heterocycles. The number of rotatable bonds is 5. The summed E-state index contributed by atoms with van der Waals surface area (Å²) in [6, 6.07) is 8.34. The highest BCUT2D eigenvalue weighted by Crippen LogP contribution is 2.23. The van der Waals surface area contributed by atoms with Gasteiger partial charge in [0.2, 0.25) is 5.91 Å². The van der Waals surface area contributed by atoms with E-state index in [0.29, 0.717) is 6.54 Å². The molecule has 1 aliphatic carbocycles. The van der Waals surface area contributed by atoms with Crippen molar-refractivity contribution in [3.05, 3.63) is 35.4 Å². The average molecular weight is 289 g/mol. The molecule has 2 rings (SSSR count). The molecule has 0 saturated heterocycles. The second-order valence-electron chi connectivity index (χ2n) is 6.45. The molecule has 1 saturated carbocycles. The standard InChI is InChI=1S/C18H27NO2/c1-13-7-9-15(10-8-13)11-14(2)18(21)19-12-16-5-3-4-6-17(16)20/h7-10,14,16-17,20H,3-6,11-12H2,1-2H3,(H,19,21). The van der Waals surface area contributed by atoms with Crippen LogP contribution in [0.2, 0.25) is 0 Å². The zero-order chi connectivity index (χ0) is 15.2. The largest absolute Gasteiger partial charge is 0.393 e. The zero-order valence-corrected chi connectivity index (χ0v) is 13.1. The maximum absolute atomic E-state index is 12.2. The fourth-order valence-corrected chi connectivity index (χ4v) is 3.00. The lowest BCUT2D eigenvalue weighted by molar-refractivity contribution is -0.124. The van der Waals surface area contributed by atoms with Gasteiger partial charge in [-0.25, -0.2) is 0 Å². The summed E-state index contributed by atoms with van der Waals surface area (Å²) in [5.74, 6) is 0.288. The molecule has 1 aliphatic rings. The lowest BCUT2D eigenvalue weighted by Crippen LogP contribution is -2.39. The summed E-state index contributed by atoms with van der Waals surface area (Å²) in [7, 11) is 0. The molecule has 116 valence electrons. The van der Waals surface area contributed by atoms with Crippen molar-refractivity contribution in [2.45, 2.75) is 52.1 Å². The van der Waals surface area contributed by atoms with Crippen LogP contribution in [0, 0.1) is 18.8 Å². The summed E-state index contributed by atoms with van der Waals surface area (Å²) in [6.45, 7) is 4.64. The number of aliphatic hydroxyl groups is 1. The van der Waals surface area contributed by atoms with Gasteiger partial charge >= 0.3 is 0 Å². The van der Waals surface area contributed by atoms with E-state index < -0.39 is 0 Å². The summed E-state index contributed by atoms with van der Waals surface area (Å²) in [6.07, 6.45) is 4.69. The monoisotopic (exact) mass is 289 g/mol. The lowest BCUT2D eigenvalue weighted by Gasteiger charge is -2.28. The molecule has 0 bridgehead atoms. The van der Waals surface area contributed by atoms with Crippen LogP contribution >= 0.6 is 0 Å². The number of nitrogens with one attached hydrogen (secondary N) is 1. The van der Waals surface area contributed by atoms with Crippen molar-refractivity contribution in [3.63, 3.8) is 0 Å². The molecule has 1 aromatic rings. The maximum Gasteiger partial charge on any atom is 0.223 e. The molecule has 0 radical (unpaired) electrons. The lowest BCUT2D eigenvalue weighted by atomic mass is 9.86. The van der Waals surface area contributed by atoms with E-state index >= 15 is 0 Å². The molecule has 0 spiro atoms. The van der Waals surface area contributed by atoms with Crippen LogP contribution in [0.5, 0.6) is 0 Å². The van der Waals surface area contributed by atoms with Gasteiger partial charge in [-0.15, -0.1) is 0 Å². The van der Waals surface area contributed by atoms with Crippen LogP contribution in [-0.4, -0.2) is 23.7 Å². The van der Waals surface area contributed by atoms with Crippen LogP contribution in [0.1, 0.15) is 43.7 Å². The maximum atomic E-state index is 12.2. The number of carbonyl (C=O) groups is 1. The fraction of sp³-hybridized carbons (Fsp3) is 0.611. The van der Waals surface area contributed by atoms with Crippen molar-refractivity contribution in [2.75, 3.05) is 6.54 Å². The van der Waals surface area contributed by atoms with E-state index in [-0.39, 0.29) is 23.8 Å². The highest BCUT2D eigenvalue weighted by molar-refractivity contribution is 5.78. The Morgan fingerprint density at radius 3 is 2.62 bits per heavy atom. The van der Waals surface area contributed by atoms with E-state index in [1.54, 1.807) is 0 Å². The Morgan fingerprint density at radius 1 is 1.29 bits per heavy atom. The molecule has 3 unspecified atom stereocenters. The summed E-state index contributed by atoms with van der Waals surface area (Å²) in [5, 5.41) is 12.9. The molecule has 1 fully saturated rings. The fourth-order valence-electron chi connectivity index (χ4n) is 3.00. The number of aryl methyl sites for hydroxylation is 1. The Balaban J connectivity index is 1.78. The minimum absolute atomic E-state index is 0.0339. The molecular weight excluding hydrogens is 262 g/mol. The normalized spacial score (nSPS) is 23.6. The van der Waals surface area contributed by atoms with E-state index in [9.17, 15) is 9.90 Å². The van der Waals surface area contributed by atoms with Gasteiger partial charge in [-0.2, -0.15) is 0 Å². The van der Waals surface area contributed by atoms with Gasteiger partial charge in [0.05, 0.1) is 6.10 Å². The van der Waals surface area contributed by atoms with Crippen molar-refractivity contribution >= 4 is 5.91 Å². The van der Waals surface area contributed by atoms with Gasteiger partial charge in [-0.05, 0) is 31.7 Å². The molecule has 1 amide bonds. The molecule has 1 aromatic carbocycles. The van der Waals surface area contributed by atoms with Crippen molar-refractivity contribution in [1.29, 1.82) is 0 Å². The Bertz CT molecular complexity index is 455. The first kappa shape index (κ1) is 16.0. The molecule has 3 nitrogen and oxygen atoms in total. The van der Waals surface area contributed by atoms with Crippen molar-refractivity contribution in [2.24, 2.45) is 11.8 Å². The Hall–Kier alpha value is -1.35. The van der Waals surface area contributed by atoms with E-state index in [0.717, 1.165) is 32.1 Å². The summed E-state index contributed by atoms with van der Waals surface area (Å²) >= 11 is 0. The molecule has 3 heteroatoms. The minimum atomic E-state index is -0.244. The van der Waals surface area contributed by atoms with Gasteiger partial charge in [0.15, 0.2) is 0 Å². The molecule has 2 N–H and O–H groups in total. The zero-order valence-electron chi connectivity index (χ0n) is 13.1. The van der Waals surface area contributed by atoms with Gasteiger partial charge in [-0.3, -0.25) is 4.79 Å². The third kappa shape index (κ3) is 4.85. The first-order valence-electron chi connectivity index (χ1n) is 8.07. The predicted molar refractivity (Wildman–Crippen MR) is 85.0 cm³/mol. The quantitative estimate of drug-likeness (QED) is 0.875. The first-order valence-corrected chi connectivity index (χ1v) is 8.07. The average Bonchev–Trinajstić information content (AvgIpc) is 2.48. The van der Waals surface area contributed by atoms with Crippen LogP contribution in [0.15, 0.2) is 24.3 Å². The number of amides is 1. The van der Waals surface area contributed by atoms with E-state index in [1.165, 1.54) is 11.1 Å². The van der Waals surface area contributed by atoms with Crippen LogP contribution in [0.3, 0.4) is 0 Å². The Morgan fingerprint density at radius 2 is 1.95 bits per heavy atom. The molecule has 0 heterocycles. The van der Waals surface area contributed by atoms with E-state index in [4.69, 9.17) is 0 Å². The topological polar surface area (TPSA) is 49.3 Å². The minimum Gasteiger partial charge on any atom is -0.393 e. The third-order valence-electron chi connectivity index (χ3n) is 4.52. The highest BCUT2D eigenvalue weighted by Gasteiger charge is 2.24. The highest BCUT2D eigenvalue weighted by atomic mass is 16.3. The number of hydrogen-bond acceptors (Lipinski definition) is 2. The van der Waals surface area contributed by atoms with Gasteiger partial charge in [-0.1, -0.05) is 49.6 Å². The van der Waals surface area contributed by atoms with Crippen molar-refractivity contribution in [3.8, 4) is 0 Å². The number of hydrogen-bond donors (Lipinski definition) is 2. The Labute approximate surface area is 127 Å². The summed E-state index contributed by atoms with van der Waals surface area (Å²) in [5.41, 5.74) is 2.43. The first-order chi connectivity index (χ1) is 10.1. The SMILES string of the molecule is Cc1ccc(CC(C)C(=O)NCC2CCCCC2O)cc1. The number of benzene rings is 1. The van der Waals surface area contributed by atoms with Gasteiger partial charge < -0.3 is 10.4 Å². The molecule has 3 atom stereocenters. The van der Waals surface area contributed by atoms with Gasteiger partial charge in [0, 0.05) is 18.4 Å². The van der Waals surface area contributed by atoms with Gasteiger partial charge in [0.25, 0.3) is 0 Å². The third-order valence-corrected chi connectivity index (χ3v) is 4.52. The van der Waals surface area contributed by atoms with Crippen LogP contribution in [0.25, 0.3) is 0 Å². The molecular formula is C18H27NO2. The summed E-state index contributed by atoms with van der Waals surface area (Å²) in [4.78, 5) is 12.2. The number of carbonyl (C=O) groups excluding carboxylic acids is 1. The predicted octanol–water partition coefficient (Wildman–Crippen LogP) is 2.84. The van der Waals surface area contributed by atoms with E-state index in [2.05, 4.69) is 36.5 Å². The van der Waals surface area contributed by atoms with Crippen LogP contribution in [0.4, 0.5) is 0 Å².